The van der Waals surface area contributed by atoms with E-state index in [0.717, 1.165) is 44.5 Å². The molecule has 5 nitrogen and oxygen atoms in total. The Kier molecular flexibility index (Phi) is 4.07. The van der Waals surface area contributed by atoms with Gasteiger partial charge in [0.1, 0.15) is 23.0 Å². The van der Waals surface area contributed by atoms with Gasteiger partial charge in [-0.25, -0.2) is 15.0 Å². The van der Waals surface area contributed by atoms with Gasteiger partial charge in [-0.2, -0.15) is 0 Å². The zero-order valence-electron chi connectivity index (χ0n) is 18.2. The molecular formula is C26H22N4OSi. The average Bonchev–Trinajstić information content (AvgIpc) is 3.37. The van der Waals surface area contributed by atoms with E-state index >= 15 is 0 Å². The van der Waals surface area contributed by atoms with Crippen LogP contribution < -0.4 is 5.19 Å². The van der Waals surface area contributed by atoms with Gasteiger partial charge in [0.25, 0.3) is 0 Å². The van der Waals surface area contributed by atoms with Gasteiger partial charge < -0.3 is 4.42 Å². The summed E-state index contributed by atoms with van der Waals surface area (Å²) in [5, 5.41) is 3.61. The largest absolute Gasteiger partial charge is 0.455 e. The molecule has 3 aromatic heterocycles. The maximum atomic E-state index is 6.49. The SMILES string of the molecule is C[Si](C)(C)c1ccc2c(c1)oc1c(-c3nc4ncncc4n3-c3ccccc3)cccc12. The number of hydrogen-bond donors (Lipinski definition) is 0. The first-order valence-electron chi connectivity index (χ1n) is 10.7. The summed E-state index contributed by atoms with van der Waals surface area (Å²) in [5.41, 5.74) is 5.24. The van der Waals surface area contributed by atoms with Gasteiger partial charge in [-0.15, -0.1) is 0 Å². The Bertz CT molecular complexity index is 1610. The van der Waals surface area contributed by atoms with E-state index in [9.17, 15) is 0 Å². The molecule has 3 heterocycles. The van der Waals surface area contributed by atoms with Crippen LogP contribution in [0.25, 0.3) is 50.2 Å². The first-order valence-corrected chi connectivity index (χ1v) is 14.2. The highest BCUT2D eigenvalue weighted by Gasteiger charge is 2.22. The molecule has 32 heavy (non-hydrogen) atoms. The number of fused-ring (bicyclic) bond motifs is 4. The molecule has 0 aliphatic carbocycles. The van der Waals surface area contributed by atoms with E-state index in [1.165, 1.54) is 11.5 Å². The second kappa shape index (κ2) is 6.87. The number of benzene rings is 3. The molecule has 0 amide bonds. The lowest BCUT2D eigenvalue weighted by Gasteiger charge is -2.15. The van der Waals surface area contributed by atoms with Gasteiger partial charge >= 0.3 is 0 Å². The van der Waals surface area contributed by atoms with E-state index in [4.69, 9.17) is 9.40 Å². The Balaban J connectivity index is 1.67. The van der Waals surface area contributed by atoms with Crippen molar-refractivity contribution in [2.45, 2.75) is 19.6 Å². The van der Waals surface area contributed by atoms with Crippen LogP contribution in [0.4, 0.5) is 0 Å². The summed E-state index contributed by atoms with van der Waals surface area (Å²) >= 11 is 0. The van der Waals surface area contributed by atoms with Crippen molar-refractivity contribution >= 4 is 46.4 Å². The number of hydrogen-bond acceptors (Lipinski definition) is 4. The van der Waals surface area contributed by atoms with E-state index in [1.54, 1.807) is 0 Å². The fourth-order valence-corrected chi connectivity index (χ4v) is 5.43. The molecule has 0 bridgehead atoms. The maximum absolute atomic E-state index is 6.49. The number of para-hydroxylation sites is 2. The predicted molar refractivity (Wildman–Crippen MR) is 132 cm³/mol. The second-order valence-corrected chi connectivity index (χ2v) is 14.2. The molecular weight excluding hydrogens is 412 g/mol. The monoisotopic (exact) mass is 434 g/mol. The van der Waals surface area contributed by atoms with Crippen molar-refractivity contribution in [1.82, 2.24) is 19.5 Å². The van der Waals surface area contributed by atoms with Gasteiger partial charge in [0.2, 0.25) is 0 Å². The summed E-state index contributed by atoms with van der Waals surface area (Å²) in [7, 11) is -1.44. The van der Waals surface area contributed by atoms with E-state index in [-0.39, 0.29) is 0 Å². The molecule has 6 heteroatoms. The summed E-state index contributed by atoms with van der Waals surface area (Å²) in [6, 6.07) is 23.1. The van der Waals surface area contributed by atoms with E-state index in [0.29, 0.717) is 5.65 Å². The molecule has 0 aliphatic heterocycles. The zero-order valence-corrected chi connectivity index (χ0v) is 19.2. The molecule has 0 fully saturated rings. The summed E-state index contributed by atoms with van der Waals surface area (Å²) < 4.78 is 8.60. The van der Waals surface area contributed by atoms with Crippen molar-refractivity contribution in [1.29, 1.82) is 0 Å². The van der Waals surface area contributed by atoms with Crippen LogP contribution in [-0.4, -0.2) is 27.6 Å². The summed E-state index contributed by atoms with van der Waals surface area (Å²) in [5.74, 6) is 0.793. The normalized spacial score (nSPS) is 12.2. The van der Waals surface area contributed by atoms with Crippen LogP contribution in [-0.2, 0) is 0 Å². The molecule has 156 valence electrons. The van der Waals surface area contributed by atoms with Crippen LogP contribution in [0, 0.1) is 0 Å². The molecule has 0 unspecified atom stereocenters. The molecule has 0 saturated carbocycles. The minimum Gasteiger partial charge on any atom is -0.455 e. The number of nitrogens with zero attached hydrogens (tertiary/aromatic N) is 4. The lowest BCUT2D eigenvalue weighted by atomic mass is 10.1. The topological polar surface area (TPSA) is 56.7 Å². The molecule has 0 spiro atoms. The third-order valence-corrected chi connectivity index (χ3v) is 8.00. The molecule has 3 aromatic carbocycles. The highest BCUT2D eigenvalue weighted by atomic mass is 28.3. The van der Waals surface area contributed by atoms with E-state index < -0.39 is 8.07 Å². The standard InChI is InChI=1S/C26H22N4OSi/c1-32(2,3)18-12-13-19-20-10-7-11-21(24(20)31-23(19)14-18)26-29-25-22(15-27-16-28-25)30(26)17-8-5-4-6-9-17/h4-16H,1-3H3. The summed E-state index contributed by atoms with van der Waals surface area (Å²) in [6.07, 6.45) is 3.35. The highest BCUT2D eigenvalue weighted by Crippen LogP contribution is 2.37. The molecule has 6 rings (SSSR count). The maximum Gasteiger partial charge on any atom is 0.181 e. The van der Waals surface area contributed by atoms with Crippen molar-refractivity contribution in [3.05, 3.63) is 79.3 Å². The number of aromatic nitrogens is 4. The van der Waals surface area contributed by atoms with Crippen LogP contribution in [0.1, 0.15) is 0 Å². The number of furan rings is 1. The smallest absolute Gasteiger partial charge is 0.181 e. The molecule has 6 aromatic rings. The molecule has 0 saturated heterocycles. The fraction of sp³-hybridized carbons (Fsp3) is 0.115. The highest BCUT2D eigenvalue weighted by molar-refractivity contribution is 6.88. The van der Waals surface area contributed by atoms with Gasteiger partial charge in [0.05, 0.1) is 19.8 Å². The van der Waals surface area contributed by atoms with E-state index in [1.807, 2.05) is 24.4 Å². The zero-order chi connectivity index (χ0) is 21.9. The van der Waals surface area contributed by atoms with Gasteiger partial charge in [-0.1, -0.05) is 67.3 Å². The van der Waals surface area contributed by atoms with Crippen molar-refractivity contribution in [2.24, 2.45) is 0 Å². The van der Waals surface area contributed by atoms with Crippen LogP contribution in [0.5, 0.6) is 0 Å². The van der Waals surface area contributed by atoms with Crippen molar-refractivity contribution in [3.8, 4) is 17.1 Å². The first-order chi connectivity index (χ1) is 15.5. The van der Waals surface area contributed by atoms with Gasteiger partial charge in [0, 0.05) is 16.5 Å². The Morgan fingerprint density at radius 1 is 0.875 bits per heavy atom. The minimum absolute atomic E-state index is 0.660. The van der Waals surface area contributed by atoms with Crippen LogP contribution in [0.3, 0.4) is 0 Å². The molecule has 0 N–H and O–H groups in total. The lowest BCUT2D eigenvalue weighted by Crippen LogP contribution is -2.37. The van der Waals surface area contributed by atoms with Crippen LogP contribution in [0.2, 0.25) is 19.6 Å². The van der Waals surface area contributed by atoms with Gasteiger partial charge in [0.15, 0.2) is 11.5 Å². The summed E-state index contributed by atoms with van der Waals surface area (Å²) in [4.78, 5) is 13.5. The minimum atomic E-state index is -1.44. The average molecular weight is 435 g/mol. The Hall–Kier alpha value is -3.77. The summed E-state index contributed by atoms with van der Waals surface area (Å²) in [6.45, 7) is 7.06. The number of rotatable bonds is 3. The third kappa shape index (κ3) is 2.87. The third-order valence-electron chi connectivity index (χ3n) is 5.96. The molecule has 0 aliphatic rings. The van der Waals surface area contributed by atoms with Crippen LogP contribution >= 0.6 is 0 Å². The van der Waals surface area contributed by atoms with Crippen molar-refractivity contribution in [3.63, 3.8) is 0 Å². The molecule has 0 atom stereocenters. The van der Waals surface area contributed by atoms with Crippen molar-refractivity contribution in [2.75, 3.05) is 0 Å². The quantitative estimate of drug-likeness (QED) is 0.324. The fourth-order valence-electron chi connectivity index (χ4n) is 4.28. The molecule has 0 radical (unpaired) electrons. The Labute approximate surface area is 186 Å². The van der Waals surface area contributed by atoms with Crippen molar-refractivity contribution < 1.29 is 4.42 Å². The number of imidazole rings is 1. The Morgan fingerprint density at radius 2 is 1.72 bits per heavy atom. The lowest BCUT2D eigenvalue weighted by molar-refractivity contribution is 0.669. The van der Waals surface area contributed by atoms with Gasteiger partial charge in [-0.3, -0.25) is 4.57 Å². The van der Waals surface area contributed by atoms with Crippen LogP contribution in [0.15, 0.2) is 83.7 Å². The first kappa shape index (κ1) is 19.0. The predicted octanol–water partition coefficient (Wildman–Crippen LogP) is 5.93. The Morgan fingerprint density at radius 3 is 2.53 bits per heavy atom. The second-order valence-electron chi connectivity index (χ2n) is 9.08. The van der Waals surface area contributed by atoms with Gasteiger partial charge in [-0.05, 0) is 24.3 Å². The van der Waals surface area contributed by atoms with E-state index in [2.05, 4.69) is 82.7 Å².